The van der Waals surface area contributed by atoms with Gasteiger partial charge in [-0.15, -0.1) is 11.3 Å². The minimum Gasteiger partial charge on any atom is -0.480 e. The Morgan fingerprint density at radius 1 is 1.63 bits per heavy atom. The van der Waals surface area contributed by atoms with Crippen molar-refractivity contribution in [3.63, 3.8) is 0 Å². The second-order valence-corrected chi connectivity index (χ2v) is 5.74. The van der Waals surface area contributed by atoms with E-state index >= 15 is 0 Å². The highest BCUT2D eigenvalue weighted by Crippen LogP contribution is 2.10. The maximum atomic E-state index is 11.9. The Morgan fingerprint density at radius 2 is 2.37 bits per heavy atom. The Morgan fingerprint density at radius 3 is 2.95 bits per heavy atom. The Labute approximate surface area is 119 Å². The standard InChI is InChI=1S/C11H17N3O3S2/c1-18-5-3-7(11(16)17)14-10(15)8-6-19-9(13-8)2-4-12/h6-7H,2-5,12H2,1H3,(H,14,15)(H,16,17)/t7-/m0/s1. The Kier molecular flexibility index (Phi) is 6.82. The molecule has 1 rings (SSSR count). The molecule has 0 fully saturated rings. The van der Waals surface area contributed by atoms with E-state index in [4.69, 9.17) is 10.8 Å². The van der Waals surface area contributed by atoms with E-state index in [0.717, 1.165) is 5.01 Å². The number of aromatic nitrogens is 1. The summed E-state index contributed by atoms with van der Waals surface area (Å²) < 4.78 is 0. The molecular formula is C11H17N3O3S2. The van der Waals surface area contributed by atoms with Gasteiger partial charge in [0.2, 0.25) is 0 Å². The maximum Gasteiger partial charge on any atom is 0.326 e. The van der Waals surface area contributed by atoms with Crippen LogP contribution in [0.25, 0.3) is 0 Å². The second kappa shape index (κ2) is 8.13. The van der Waals surface area contributed by atoms with Gasteiger partial charge in [-0.05, 0) is 25.0 Å². The van der Waals surface area contributed by atoms with Crippen molar-refractivity contribution in [2.75, 3.05) is 18.6 Å². The third kappa shape index (κ3) is 5.17. The fourth-order valence-corrected chi connectivity index (χ4v) is 2.64. The molecule has 0 aromatic carbocycles. The second-order valence-electron chi connectivity index (χ2n) is 3.81. The van der Waals surface area contributed by atoms with Gasteiger partial charge in [-0.25, -0.2) is 9.78 Å². The molecule has 1 atom stereocenters. The van der Waals surface area contributed by atoms with Gasteiger partial charge in [0.05, 0.1) is 5.01 Å². The van der Waals surface area contributed by atoms with E-state index in [9.17, 15) is 9.59 Å². The molecule has 1 amide bonds. The third-order valence-corrected chi connectivity index (χ3v) is 3.91. The van der Waals surface area contributed by atoms with E-state index in [1.807, 2.05) is 6.26 Å². The molecule has 1 heterocycles. The summed E-state index contributed by atoms with van der Waals surface area (Å²) in [4.78, 5) is 27.0. The molecule has 0 aliphatic heterocycles. The van der Waals surface area contributed by atoms with Crippen molar-refractivity contribution in [2.24, 2.45) is 5.73 Å². The first-order chi connectivity index (χ1) is 9.08. The lowest BCUT2D eigenvalue weighted by Gasteiger charge is -2.12. The number of carbonyl (C=O) groups is 2. The summed E-state index contributed by atoms with van der Waals surface area (Å²) in [6.45, 7) is 0.472. The number of nitrogens with two attached hydrogens (primary N) is 1. The van der Waals surface area contributed by atoms with E-state index in [-0.39, 0.29) is 5.69 Å². The average Bonchev–Trinajstić information content (AvgIpc) is 2.83. The minimum absolute atomic E-state index is 0.254. The van der Waals surface area contributed by atoms with Crippen molar-refractivity contribution < 1.29 is 14.7 Å². The number of carboxylic acid groups (broad SMARTS) is 1. The molecule has 0 saturated heterocycles. The highest BCUT2D eigenvalue weighted by Gasteiger charge is 2.21. The van der Waals surface area contributed by atoms with Crippen LogP contribution in [0.4, 0.5) is 0 Å². The zero-order valence-corrected chi connectivity index (χ0v) is 12.2. The molecule has 1 aromatic rings. The summed E-state index contributed by atoms with van der Waals surface area (Å²) in [5.41, 5.74) is 5.66. The Bertz CT molecular complexity index is 437. The summed E-state index contributed by atoms with van der Waals surface area (Å²) in [7, 11) is 0. The van der Waals surface area contributed by atoms with Crippen LogP contribution < -0.4 is 11.1 Å². The van der Waals surface area contributed by atoms with Crippen molar-refractivity contribution in [3.8, 4) is 0 Å². The number of rotatable bonds is 8. The van der Waals surface area contributed by atoms with E-state index in [1.165, 1.54) is 23.1 Å². The summed E-state index contributed by atoms with van der Waals surface area (Å²) in [6, 6.07) is -0.875. The fourth-order valence-electron chi connectivity index (χ4n) is 1.38. The van der Waals surface area contributed by atoms with E-state index in [2.05, 4.69) is 10.3 Å². The van der Waals surface area contributed by atoms with Crippen LogP contribution in [0.3, 0.4) is 0 Å². The smallest absolute Gasteiger partial charge is 0.326 e. The highest BCUT2D eigenvalue weighted by molar-refractivity contribution is 7.98. The zero-order valence-electron chi connectivity index (χ0n) is 10.6. The number of hydrogen-bond acceptors (Lipinski definition) is 6. The van der Waals surface area contributed by atoms with Crippen LogP contribution in [-0.4, -0.2) is 46.6 Å². The summed E-state index contributed by atoms with van der Waals surface area (Å²) in [6.07, 6.45) is 2.90. The number of thioether (sulfide) groups is 1. The molecule has 0 saturated carbocycles. The lowest BCUT2D eigenvalue weighted by molar-refractivity contribution is -0.139. The number of carbonyl (C=O) groups excluding carboxylic acids is 1. The molecule has 19 heavy (non-hydrogen) atoms. The number of nitrogens with one attached hydrogen (secondary N) is 1. The van der Waals surface area contributed by atoms with Gasteiger partial charge in [0.1, 0.15) is 11.7 Å². The predicted molar refractivity (Wildman–Crippen MR) is 76.8 cm³/mol. The lowest BCUT2D eigenvalue weighted by Crippen LogP contribution is -2.41. The van der Waals surface area contributed by atoms with Gasteiger partial charge in [-0.3, -0.25) is 4.79 Å². The zero-order chi connectivity index (χ0) is 14.3. The van der Waals surface area contributed by atoms with Crippen LogP contribution in [0.15, 0.2) is 5.38 Å². The summed E-state index contributed by atoms with van der Waals surface area (Å²) in [5, 5.41) is 13.9. The van der Waals surface area contributed by atoms with Crippen LogP contribution in [-0.2, 0) is 11.2 Å². The van der Waals surface area contributed by atoms with Crippen molar-refractivity contribution in [2.45, 2.75) is 18.9 Å². The highest BCUT2D eigenvalue weighted by atomic mass is 32.2. The topological polar surface area (TPSA) is 105 Å². The molecule has 0 aliphatic rings. The Hall–Kier alpha value is -1.12. The van der Waals surface area contributed by atoms with Gasteiger partial charge in [0.25, 0.3) is 5.91 Å². The van der Waals surface area contributed by atoms with Gasteiger partial charge >= 0.3 is 5.97 Å². The number of aliphatic carboxylic acids is 1. The average molecular weight is 303 g/mol. The predicted octanol–water partition coefficient (Wildman–Crippen LogP) is 0.580. The van der Waals surface area contributed by atoms with Crippen LogP contribution in [0.1, 0.15) is 21.9 Å². The molecule has 0 unspecified atom stereocenters. The number of carboxylic acids is 1. The van der Waals surface area contributed by atoms with Crippen molar-refractivity contribution in [1.29, 1.82) is 0 Å². The van der Waals surface area contributed by atoms with Gasteiger partial charge in [-0.1, -0.05) is 0 Å². The molecule has 4 N–H and O–H groups in total. The minimum atomic E-state index is -1.03. The molecular weight excluding hydrogens is 286 g/mol. The van der Waals surface area contributed by atoms with Crippen LogP contribution in [0.5, 0.6) is 0 Å². The van der Waals surface area contributed by atoms with E-state index in [0.29, 0.717) is 25.1 Å². The number of hydrogen-bond donors (Lipinski definition) is 3. The molecule has 0 radical (unpaired) electrons. The monoisotopic (exact) mass is 303 g/mol. The number of thiazole rings is 1. The summed E-state index contributed by atoms with van der Waals surface area (Å²) in [5.74, 6) is -0.806. The molecule has 1 aromatic heterocycles. The Balaban J connectivity index is 2.62. The number of amides is 1. The first-order valence-corrected chi connectivity index (χ1v) is 8.03. The normalized spacial score (nSPS) is 12.1. The van der Waals surface area contributed by atoms with Crippen molar-refractivity contribution >= 4 is 35.0 Å². The molecule has 0 aliphatic carbocycles. The largest absolute Gasteiger partial charge is 0.480 e. The molecule has 106 valence electrons. The van der Waals surface area contributed by atoms with Gasteiger partial charge < -0.3 is 16.2 Å². The molecule has 6 nitrogen and oxygen atoms in total. The lowest BCUT2D eigenvalue weighted by atomic mass is 10.2. The molecule has 0 bridgehead atoms. The quantitative estimate of drug-likeness (QED) is 0.649. The maximum absolute atomic E-state index is 11.9. The van der Waals surface area contributed by atoms with Gasteiger partial charge in [0, 0.05) is 11.8 Å². The van der Waals surface area contributed by atoms with Crippen LogP contribution in [0, 0.1) is 0 Å². The SMILES string of the molecule is CSCC[C@H](NC(=O)c1csc(CCN)n1)C(=O)O. The van der Waals surface area contributed by atoms with Gasteiger partial charge in [-0.2, -0.15) is 11.8 Å². The molecule has 8 heteroatoms. The fraction of sp³-hybridized carbons (Fsp3) is 0.545. The van der Waals surface area contributed by atoms with E-state index < -0.39 is 17.9 Å². The van der Waals surface area contributed by atoms with Crippen LogP contribution in [0.2, 0.25) is 0 Å². The van der Waals surface area contributed by atoms with Crippen molar-refractivity contribution in [1.82, 2.24) is 10.3 Å². The first kappa shape index (κ1) is 15.9. The number of nitrogens with zero attached hydrogens (tertiary/aromatic N) is 1. The third-order valence-electron chi connectivity index (χ3n) is 2.36. The van der Waals surface area contributed by atoms with Crippen molar-refractivity contribution in [3.05, 3.63) is 16.1 Å². The first-order valence-electron chi connectivity index (χ1n) is 5.75. The van der Waals surface area contributed by atoms with Crippen LogP contribution >= 0.6 is 23.1 Å². The van der Waals surface area contributed by atoms with E-state index in [1.54, 1.807) is 5.38 Å². The van der Waals surface area contributed by atoms with Gasteiger partial charge in [0.15, 0.2) is 0 Å². The summed E-state index contributed by atoms with van der Waals surface area (Å²) >= 11 is 2.89. The molecule has 0 spiro atoms.